The third kappa shape index (κ3) is 11.4. The largest absolute Gasteiger partial charge is 0.390 e. The normalized spacial score (nSPS) is 12.5. The van der Waals surface area contributed by atoms with Crippen LogP contribution in [0.3, 0.4) is 0 Å². The first-order valence-corrected chi connectivity index (χ1v) is 15.3. The molecule has 2 atom stereocenters. The van der Waals surface area contributed by atoms with Gasteiger partial charge in [0.05, 0.1) is 12.1 Å². The first-order chi connectivity index (χ1) is 20.9. The lowest BCUT2D eigenvalue weighted by Crippen LogP contribution is -2.54. The summed E-state index contributed by atoms with van der Waals surface area (Å²) in [5, 5.41) is 15.8. The maximum atomic E-state index is 14.1. The summed E-state index contributed by atoms with van der Waals surface area (Å²) >= 11 is 0. The van der Waals surface area contributed by atoms with E-state index in [0.717, 1.165) is 43.9 Å². The average Bonchev–Trinajstić information content (AvgIpc) is 2.98. The van der Waals surface area contributed by atoms with E-state index in [2.05, 4.69) is 16.7 Å². The van der Waals surface area contributed by atoms with Crippen molar-refractivity contribution in [2.45, 2.75) is 78.9 Å². The second-order valence-corrected chi connectivity index (χ2v) is 11.3. The molecule has 3 N–H and O–H groups in total. The molecule has 44 heavy (non-hydrogen) atoms. The molecule has 240 valence electrons. The number of aliphatic hydroxyl groups is 1. The molecule has 0 fully saturated rings. The number of carbonyl (C=O) groups excluding carboxylic acids is 3. The highest BCUT2D eigenvalue weighted by molar-refractivity contribution is 6.00. The Morgan fingerprint density at radius 1 is 0.909 bits per heavy atom. The predicted molar refractivity (Wildman–Crippen MR) is 168 cm³/mol. The minimum absolute atomic E-state index is 0.0572. The molecule has 0 aromatic heterocycles. The summed E-state index contributed by atoms with van der Waals surface area (Å²) in [6.07, 6.45) is 7.40. The zero-order valence-corrected chi connectivity index (χ0v) is 26.5. The zero-order chi connectivity index (χ0) is 32.8. The van der Waals surface area contributed by atoms with Gasteiger partial charge in [-0.15, -0.1) is 6.42 Å². The number of nitrogens with zero attached hydrogens (tertiary/aromatic N) is 2. The maximum Gasteiger partial charge on any atom is 0.253 e. The fourth-order valence-electron chi connectivity index (χ4n) is 4.70. The lowest BCUT2D eigenvalue weighted by atomic mass is 9.99. The number of hydrazine groups is 1. The third-order valence-electron chi connectivity index (χ3n) is 7.02. The summed E-state index contributed by atoms with van der Waals surface area (Å²) in [4.78, 5) is 41.1. The predicted octanol–water partition coefficient (Wildman–Crippen LogP) is 4.70. The van der Waals surface area contributed by atoms with Gasteiger partial charge in [0.2, 0.25) is 5.91 Å². The Balaban J connectivity index is 2.43. The Hall–Kier alpha value is -3.81. The van der Waals surface area contributed by atoms with Crippen LogP contribution in [0.15, 0.2) is 36.4 Å². The van der Waals surface area contributed by atoms with E-state index in [1.165, 1.54) is 12.1 Å². The van der Waals surface area contributed by atoms with Crippen LogP contribution in [0.1, 0.15) is 92.1 Å². The highest BCUT2D eigenvalue weighted by Gasteiger charge is 2.27. The summed E-state index contributed by atoms with van der Waals surface area (Å²) < 4.78 is 28.1. The number of halogens is 2. The van der Waals surface area contributed by atoms with Crippen LogP contribution in [0.4, 0.5) is 8.78 Å². The SMILES string of the molecule is C#Cc1cc(C(=O)NC(Cc2cc(F)cc(F)c2)C(O)CN(CCCC)NC(=O)C(C)C)cc(C(=O)N(CCC)CCC)c1. The fourth-order valence-corrected chi connectivity index (χ4v) is 4.70. The van der Waals surface area contributed by atoms with Gasteiger partial charge in [-0.05, 0) is 61.6 Å². The number of carbonyl (C=O) groups is 3. The topological polar surface area (TPSA) is 102 Å². The van der Waals surface area contributed by atoms with Crippen molar-refractivity contribution in [2.24, 2.45) is 5.92 Å². The van der Waals surface area contributed by atoms with E-state index in [1.807, 2.05) is 20.8 Å². The number of aliphatic hydroxyl groups excluding tert-OH is 1. The number of benzene rings is 2. The zero-order valence-electron chi connectivity index (χ0n) is 26.5. The van der Waals surface area contributed by atoms with Gasteiger partial charge in [0.25, 0.3) is 11.8 Å². The molecular weight excluding hydrogens is 566 g/mol. The molecule has 0 aliphatic rings. The molecule has 8 nitrogen and oxygen atoms in total. The van der Waals surface area contributed by atoms with Gasteiger partial charge in [0.1, 0.15) is 11.6 Å². The molecule has 0 heterocycles. The van der Waals surface area contributed by atoms with Crippen molar-refractivity contribution in [3.8, 4) is 12.3 Å². The van der Waals surface area contributed by atoms with Crippen molar-refractivity contribution in [1.29, 1.82) is 0 Å². The van der Waals surface area contributed by atoms with Crippen molar-refractivity contribution >= 4 is 17.7 Å². The van der Waals surface area contributed by atoms with E-state index in [9.17, 15) is 28.3 Å². The van der Waals surface area contributed by atoms with E-state index < -0.39 is 29.7 Å². The minimum Gasteiger partial charge on any atom is -0.390 e. The number of rotatable bonds is 17. The Bertz CT molecular complexity index is 1280. The monoisotopic (exact) mass is 612 g/mol. The van der Waals surface area contributed by atoms with Gasteiger partial charge >= 0.3 is 0 Å². The molecule has 0 radical (unpaired) electrons. The van der Waals surface area contributed by atoms with E-state index in [0.29, 0.717) is 25.2 Å². The molecule has 0 saturated heterocycles. The van der Waals surface area contributed by atoms with Gasteiger partial charge in [0.15, 0.2) is 0 Å². The van der Waals surface area contributed by atoms with Gasteiger partial charge in [-0.1, -0.05) is 47.0 Å². The van der Waals surface area contributed by atoms with Crippen LogP contribution < -0.4 is 10.7 Å². The summed E-state index contributed by atoms with van der Waals surface area (Å²) in [6.45, 7) is 10.9. The van der Waals surface area contributed by atoms with Crippen LogP contribution in [0.25, 0.3) is 0 Å². The minimum atomic E-state index is -1.25. The quantitative estimate of drug-likeness (QED) is 0.178. The molecule has 0 bridgehead atoms. The van der Waals surface area contributed by atoms with Crippen LogP contribution in [0, 0.1) is 29.9 Å². The molecule has 0 aliphatic heterocycles. The van der Waals surface area contributed by atoms with Gasteiger partial charge in [0, 0.05) is 54.9 Å². The average molecular weight is 613 g/mol. The molecule has 2 unspecified atom stereocenters. The van der Waals surface area contributed by atoms with Gasteiger partial charge in [-0.2, -0.15) is 0 Å². The molecule has 10 heteroatoms. The van der Waals surface area contributed by atoms with E-state index >= 15 is 0 Å². The summed E-state index contributed by atoms with van der Waals surface area (Å²) in [6, 6.07) is 6.48. The molecule has 2 aromatic carbocycles. The summed E-state index contributed by atoms with van der Waals surface area (Å²) in [5.41, 5.74) is 3.73. The second-order valence-electron chi connectivity index (χ2n) is 11.3. The highest BCUT2D eigenvalue weighted by atomic mass is 19.1. The number of terminal acetylenes is 1. The molecule has 0 aliphatic carbocycles. The Labute approximate surface area is 260 Å². The van der Waals surface area contributed by atoms with Crippen molar-refractivity contribution in [3.05, 3.63) is 70.3 Å². The van der Waals surface area contributed by atoms with Gasteiger partial charge in [-0.3, -0.25) is 19.8 Å². The van der Waals surface area contributed by atoms with Crippen LogP contribution in [0.5, 0.6) is 0 Å². The third-order valence-corrected chi connectivity index (χ3v) is 7.02. The molecular formula is C34H46F2N4O4. The maximum absolute atomic E-state index is 14.1. The lowest BCUT2D eigenvalue weighted by Gasteiger charge is -2.31. The molecule has 2 aromatic rings. The van der Waals surface area contributed by atoms with Crippen molar-refractivity contribution in [1.82, 2.24) is 20.7 Å². The Morgan fingerprint density at radius 3 is 2.07 bits per heavy atom. The fraction of sp³-hybridized carbons (Fsp3) is 0.500. The van der Waals surface area contributed by atoms with E-state index in [-0.39, 0.29) is 47.4 Å². The van der Waals surface area contributed by atoms with Crippen molar-refractivity contribution < 1.29 is 28.3 Å². The van der Waals surface area contributed by atoms with Gasteiger partial charge < -0.3 is 15.3 Å². The molecule has 3 amide bonds. The van der Waals surface area contributed by atoms with E-state index in [1.54, 1.807) is 29.8 Å². The summed E-state index contributed by atoms with van der Waals surface area (Å²) in [7, 11) is 0. The van der Waals surface area contributed by atoms with E-state index in [4.69, 9.17) is 6.42 Å². The van der Waals surface area contributed by atoms with Crippen LogP contribution >= 0.6 is 0 Å². The van der Waals surface area contributed by atoms with Crippen LogP contribution in [-0.2, 0) is 11.2 Å². The molecule has 0 spiro atoms. The Morgan fingerprint density at radius 2 is 1.52 bits per heavy atom. The van der Waals surface area contributed by atoms with Gasteiger partial charge in [-0.25, -0.2) is 13.8 Å². The van der Waals surface area contributed by atoms with Crippen molar-refractivity contribution in [2.75, 3.05) is 26.2 Å². The first kappa shape index (κ1) is 36.4. The number of nitrogens with one attached hydrogen (secondary N) is 2. The number of hydrogen-bond acceptors (Lipinski definition) is 5. The van der Waals surface area contributed by atoms with Crippen LogP contribution in [-0.4, -0.2) is 71.1 Å². The van der Waals surface area contributed by atoms with Crippen molar-refractivity contribution in [3.63, 3.8) is 0 Å². The highest BCUT2D eigenvalue weighted by Crippen LogP contribution is 2.17. The number of unbranched alkanes of at least 4 members (excludes halogenated alkanes) is 1. The lowest BCUT2D eigenvalue weighted by molar-refractivity contribution is -0.129. The number of amides is 3. The first-order valence-electron chi connectivity index (χ1n) is 15.3. The molecule has 0 saturated carbocycles. The summed E-state index contributed by atoms with van der Waals surface area (Å²) in [5.74, 6) is -0.493. The smallest absolute Gasteiger partial charge is 0.253 e. The Kier molecular flexibility index (Phi) is 15.0. The second kappa shape index (κ2) is 18.1. The number of hydrogen-bond donors (Lipinski definition) is 3. The van der Waals surface area contributed by atoms with Crippen LogP contribution in [0.2, 0.25) is 0 Å². The standard InChI is InChI=1S/C34H46F2N4O4/c1-7-11-14-40(38-32(42)23(5)6)22-31(41)30(19-25-17-28(35)21-29(36)18-25)37-33(43)26-15-24(10-4)16-27(20-26)34(44)39(12-8-2)13-9-3/h4,15-18,20-21,23,30-31,41H,7-9,11-14,19,22H2,1-3,5-6H3,(H,37,43)(H,38,42). The molecule has 2 rings (SSSR count).